The normalized spacial score (nSPS) is 23.3. The van der Waals surface area contributed by atoms with Crippen LogP contribution in [0.15, 0.2) is 24.3 Å². The molecule has 0 radical (unpaired) electrons. The molecule has 3 amide bonds. The fourth-order valence-corrected chi connectivity index (χ4v) is 3.87. The third kappa shape index (κ3) is 4.13. The van der Waals surface area contributed by atoms with E-state index in [1.165, 1.54) is 0 Å². The smallest absolute Gasteiger partial charge is 0.253 e. The van der Waals surface area contributed by atoms with Gasteiger partial charge in [0.25, 0.3) is 5.91 Å². The number of anilines is 1. The van der Waals surface area contributed by atoms with Crippen molar-refractivity contribution in [2.45, 2.75) is 31.7 Å². The van der Waals surface area contributed by atoms with Gasteiger partial charge in [0.15, 0.2) is 0 Å². The number of carbonyl (C=O) groups excluding carboxylic acids is 3. The molecule has 3 aliphatic rings. The van der Waals surface area contributed by atoms with Crippen molar-refractivity contribution in [2.24, 2.45) is 5.92 Å². The van der Waals surface area contributed by atoms with Crippen molar-refractivity contribution in [3.8, 4) is 0 Å². The Hall–Kier alpha value is -2.41. The minimum absolute atomic E-state index is 0.0117. The van der Waals surface area contributed by atoms with Crippen molar-refractivity contribution < 1.29 is 14.4 Å². The Kier molecular flexibility index (Phi) is 5.11. The molecule has 0 bridgehead atoms. The molecule has 2 saturated heterocycles. The van der Waals surface area contributed by atoms with Gasteiger partial charge in [0.1, 0.15) is 0 Å². The predicted molar refractivity (Wildman–Crippen MR) is 101 cm³/mol. The summed E-state index contributed by atoms with van der Waals surface area (Å²) in [5.74, 6) is 0.330. The number of hydrogen-bond acceptors (Lipinski definition) is 4. The topological polar surface area (TPSA) is 81.8 Å². The highest BCUT2D eigenvalue weighted by atomic mass is 16.2. The van der Waals surface area contributed by atoms with Gasteiger partial charge >= 0.3 is 0 Å². The van der Waals surface area contributed by atoms with Crippen LogP contribution in [0.4, 0.5) is 5.69 Å². The van der Waals surface area contributed by atoms with Crippen LogP contribution in [-0.2, 0) is 9.59 Å². The number of piperazine rings is 1. The third-order valence-corrected chi connectivity index (χ3v) is 5.60. The molecule has 1 saturated carbocycles. The number of hydrogen-bond donors (Lipinski definition) is 2. The van der Waals surface area contributed by atoms with Crippen LogP contribution in [0.25, 0.3) is 0 Å². The Bertz CT molecular complexity index is 729. The van der Waals surface area contributed by atoms with E-state index >= 15 is 0 Å². The summed E-state index contributed by atoms with van der Waals surface area (Å²) in [6, 6.07) is 7.22. The predicted octanol–water partition coefficient (Wildman–Crippen LogP) is 1.07. The van der Waals surface area contributed by atoms with Gasteiger partial charge in [-0.1, -0.05) is 0 Å². The average molecular weight is 370 g/mol. The summed E-state index contributed by atoms with van der Waals surface area (Å²) >= 11 is 0. The van der Waals surface area contributed by atoms with Crippen molar-refractivity contribution >= 4 is 23.4 Å². The summed E-state index contributed by atoms with van der Waals surface area (Å²) in [5, 5.41) is 5.98. The highest BCUT2D eigenvalue weighted by Crippen LogP contribution is 2.30. The second kappa shape index (κ2) is 7.68. The van der Waals surface area contributed by atoms with Crippen LogP contribution in [0.3, 0.4) is 0 Å². The number of piperidine rings is 1. The van der Waals surface area contributed by atoms with Crippen molar-refractivity contribution in [2.75, 3.05) is 38.0 Å². The molecule has 0 aromatic heterocycles. The Balaban J connectivity index is 1.38. The molecule has 4 rings (SSSR count). The maximum absolute atomic E-state index is 12.9. The number of amides is 3. The van der Waals surface area contributed by atoms with E-state index in [0.717, 1.165) is 44.5 Å². The van der Waals surface area contributed by atoms with Crippen molar-refractivity contribution in [1.82, 2.24) is 15.1 Å². The zero-order valence-corrected chi connectivity index (χ0v) is 15.4. The lowest BCUT2D eigenvalue weighted by atomic mass is 10.0. The molecule has 7 heteroatoms. The highest BCUT2D eigenvalue weighted by Gasteiger charge is 2.32. The second-order valence-electron chi connectivity index (χ2n) is 7.65. The van der Waals surface area contributed by atoms with Crippen molar-refractivity contribution in [3.63, 3.8) is 0 Å². The van der Waals surface area contributed by atoms with Gasteiger partial charge in [-0.3, -0.25) is 14.4 Å². The van der Waals surface area contributed by atoms with Gasteiger partial charge in [-0.05, 0) is 49.9 Å². The van der Waals surface area contributed by atoms with E-state index in [-0.39, 0.29) is 29.7 Å². The summed E-state index contributed by atoms with van der Waals surface area (Å²) in [7, 11) is 0. The number of carbonyl (C=O) groups is 3. The van der Waals surface area contributed by atoms with E-state index in [4.69, 9.17) is 0 Å². The standard InChI is InChI=1S/C20H26N4O3/c25-18-12-21-9-11-24(18)17-2-1-10-23(13-17)20(27)15-5-7-16(8-6-15)22-19(26)14-3-4-14/h5-8,14,17,21H,1-4,9-13H2,(H,22,26). The van der Waals surface area contributed by atoms with Gasteiger partial charge in [0, 0.05) is 49.4 Å². The fourth-order valence-electron chi connectivity index (χ4n) is 3.87. The van der Waals surface area contributed by atoms with Crippen LogP contribution in [0.1, 0.15) is 36.0 Å². The number of benzene rings is 1. The molecule has 1 aromatic rings. The van der Waals surface area contributed by atoms with Gasteiger partial charge in [0.05, 0.1) is 6.54 Å². The summed E-state index contributed by atoms with van der Waals surface area (Å²) < 4.78 is 0. The first-order valence-corrected chi connectivity index (χ1v) is 9.82. The number of rotatable bonds is 4. The first kappa shape index (κ1) is 18.0. The molecule has 144 valence electrons. The zero-order chi connectivity index (χ0) is 18.8. The SMILES string of the molecule is O=C(Nc1ccc(C(=O)N2CCCC(N3CCNCC3=O)C2)cc1)C1CC1. The largest absolute Gasteiger partial charge is 0.337 e. The van der Waals surface area contributed by atoms with Crippen LogP contribution in [0.2, 0.25) is 0 Å². The van der Waals surface area contributed by atoms with Gasteiger partial charge in [0.2, 0.25) is 11.8 Å². The molecule has 3 fully saturated rings. The first-order chi connectivity index (χ1) is 13.1. The molecule has 2 aliphatic heterocycles. The molecule has 1 aliphatic carbocycles. The lowest BCUT2D eigenvalue weighted by Gasteiger charge is -2.41. The molecule has 2 heterocycles. The van der Waals surface area contributed by atoms with Crippen LogP contribution < -0.4 is 10.6 Å². The molecule has 0 spiro atoms. The quantitative estimate of drug-likeness (QED) is 0.831. The van der Waals surface area contributed by atoms with Crippen molar-refractivity contribution in [1.29, 1.82) is 0 Å². The summed E-state index contributed by atoms with van der Waals surface area (Å²) in [4.78, 5) is 40.6. The van der Waals surface area contributed by atoms with Crippen LogP contribution >= 0.6 is 0 Å². The third-order valence-electron chi connectivity index (χ3n) is 5.60. The summed E-state index contributed by atoms with van der Waals surface area (Å²) in [5.41, 5.74) is 1.35. The van der Waals surface area contributed by atoms with E-state index in [0.29, 0.717) is 25.2 Å². The Labute approximate surface area is 159 Å². The lowest BCUT2D eigenvalue weighted by molar-refractivity contribution is -0.135. The zero-order valence-electron chi connectivity index (χ0n) is 15.4. The molecule has 1 atom stereocenters. The van der Waals surface area contributed by atoms with Crippen LogP contribution in [0, 0.1) is 5.92 Å². The first-order valence-electron chi connectivity index (χ1n) is 9.82. The van der Waals surface area contributed by atoms with Gasteiger partial charge in [-0.25, -0.2) is 0 Å². The minimum atomic E-state index is -0.0117. The van der Waals surface area contributed by atoms with Crippen LogP contribution in [-0.4, -0.2) is 66.3 Å². The number of likely N-dealkylation sites (tertiary alicyclic amines) is 1. The van der Waals surface area contributed by atoms with E-state index < -0.39 is 0 Å². The van der Waals surface area contributed by atoms with E-state index in [2.05, 4.69) is 10.6 Å². The maximum Gasteiger partial charge on any atom is 0.253 e. The maximum atomic E-state index is 12.9. The van der Waals surface area contributed by atoms with Crippen LogP contribution in [0.5, 0.6) is 0 Å². The molecule has 7 nitrogen and oxygen atoms in total. The Morgan fingerprint density at radius 3 is 2.56 bits per heavy atom. The lowest BCUT2D eigenvalue weighted by Crippen LogP contribution is -2.57. The highest BCUT2D eigenvalue weighted by molar-refractivity contribution is 5.97. The molecule has 27 heavy (non-hydrogen) atoms. The minimum Gasteiger partial charge on any atom is -0.337 e. The molecular formula is C20H26N4O3. The van der Waals surface area contributed by atoms with E-state index in [9.17, 15) is 14.4 Å². The van der Waals surface area contributed by atoms with E-state index in [1.54, 1.807) is 24.3 Å². The average Bonchev–Trinajstić information content (AvgIpc) is 3.54. The molecule has 2 N–H and O–H groups in total. The summed E-state index contributed by atoms with van der Waals surface area (Å²) in [6.45, 7) is 3.21. The molecule has 1 aromatic carbocycles. The molecular weight excluding hydrogens is 344 g/mol. The van der Waals surface area contributed by atoms with Crippen molar-refractivity contribution in [3.05, 3.63) is 29.8 Å². The number of nitrogens with one attached hydrogen (secondary N) is 2. The Morgan fingerprint density at radius 2 is 1.85 bits per heavy atom. The fraction of sp³-hybridized carbons (Fsp3) is 0.550. The van der Waals surface area contributed by atoms with Gasteiger partial charge in [-0.15, -0.1) is 0 Å². The molecule has 1 unspecified atom stereocenters. The second-order valence-corrected chi connectivity index (χ2v) is 7.65. The summed E-state index contributed by atoms with van der Waals surface area (Å²) in [6.07, 6.45) is 3.78. The monoisotopic (exact) mass is 370 g/mol. The number of nitrogens with zero attached hydrogens (tertiary/aromatic N) is 2. The van der Waals surface area contributed by atoms with Gasteiger partial charge in [-0.2, -0.15) is 0 Å². The Morgan fingerprint density at radius 1 is 1.07 bits per heavy atom. The van der Waals surface area contributed by atoms with E-state index in [1.807, 2.05) is 9.80 Å². The van der Waals surface area contributed by atoms with Gasteiger partial charge < -0.3 is 20.4 Å².